The van der Waals surface area contributed by atoms with E-state index in [0.717, 1.165) is 30.3 Å². The number of nitrogens with one attached hydrogen (secondary N) is 1. The van der Waals surface area contributed by atoms with Gasteiger partial charge in [0.25, 0.3) is 0 Å². The fraction of sp³-hybridized carbons (Fsp3) is 0.786. The van der Waals surface area contributed by atoms with Gasteiger partial charge in [-0.25, -0.2) is 4.98 Å². The number of hydrogen-bond donors (Lipinski definition) is 1. The van der Waals surface area contributed by atoms with Crippen LogP contribution in [0.1, 0.15) is 56.6 Å². The van der Waals surface area contributed by atoms with Gasteiger partial charge in [0.05, 0.1) is 5.69 Å². The van der Waals surface area contributed by atoms with Gasteiger partial charge in [-0.3, -0.25) is 0 Å². The third-order valence-corrected chi connectivity index (χ3v) is 4.56. The Morgan fingerprint density at radius 2 is 2.06 bits per heavy atom. The maximum absolute atomic E-state index is 5.89. The van der Waals surface area contributed by atoms with Crippen LogP contribution in [0.15, 0.2) is 0 Å². The van der Waals surface area contributed by atoms with E-state index in [-0.39, 0.29) is 5.60 Å². The summed E-state index contributed by atoms with van der Waals surface area (Å²) in [5.41, 5.74) is 0.891. The third-order valence-electron chi connectivity index (χ3n) is 3.15. The number of ether oxygens (including phenoxy) is 1. The molecule has 1 aromatic heterocycles. The minimum absolute atomic E-state index is 0.236. The van der Waals surface area contributed by atoms with Gasteiger partial charge < -0.3 is 10.1 Å². The van der Waals surface area contributed by atoms with Gasteiger partial charge in [-0.2, -0.15) is 0 Å². The summed E-state index contributed by atoms with van der Waals surface area (Å²) in [6.45, 7) is 14.3. The van der Waals surface area contributed by atoms with E-state index in [1.165, 1.54) is 4.88 Å². The molecule has 0 radical (unpaired) electrons. The van der Waals surface area contributed by atoms with E-state index in [2.05, 4.69) is 39.9 Å². The summed E-state index contributed by atoms with van der Waals surface area (Å²) in [5.74, 6) is 0. The number of rotatable bonds is 7. The molecule has 4 heteroatoms. The Bertz CT molecular complexity index is 376. The maximum Gasteiger partial charge on any atom is 0.125 e. The first kappa shape index (κ1) is 15.6. The average Bonchev–Trinajstić information content (AvgIpc) is 2.69. The molecule has 0 spiro atoms. The van der Waals surface area contributed by atoms with Crippen LogP contribution >= 0.6 is 11.3 Å². The molecular formula is C14H26N2OS. The predicted molar refractivity (Wildman–Crippen MR) is 78.1 cm³/mol. The minimum Gasteiger partial charge on any atom is -0.368 e. The highest BCUT2D eigenvalue weighted by Gasteiger charge is 2.29. The van der Waals surface area contributed by atoms with Crippen molar-refractivity contribution in [2.24, 2.45) is 0 Å². The second kappa shape index (κ2) is 6.64. The predicted octanol–water partition coefficient (Wildman–Crippen LogP) is 3.61. The fourth-order valence-corrected chi connectivity index (χ4v) is 2.93. The second-order valence-electron chi connectivity index (χ2n) is 5.08. The summed E-state index contributed by atoms with van der Waals surface area (Å²) < 4.78 is 5.89. The molecular weight excluding hydrogens is 244 g/mol. The van der Waals surface area contributed by atoms with Gasteiger partial charge >= 0.3 is 0 Å². The molecule has 1 heterocycles. The Labute approximate surface area is 115 Å². The van der Waals surface area contributed by atoms with E-state index in [1.54, 1.807) is 11.3 Å². The highest BCUT2D eigenvalue weighted by atomic mass is 32.1. The van der Waals surface area contributed by atoms with Crippen molar-refractivity contribution >= 4 is 11.3 Å². The molecule has 0 saturated heterocycles. The van der Waals surface area contributed by atoms with E-state index in [1.807, 2.05) is 6.92 Å². The maximum atomic E-state index is 5.89. The van der Waals surface area contributed by atoms with Crippen molar-refractivity contribution < 1.29 is 4.74 Å². The number of thiazole rings is 1. The highest BCUT2D eigenvalue weighted by molar-refractivity contribution is 7.11. The summed E-state index contributed by atoms with van der Waals surface area (Å²) in [6.07, 6.45) is 0.949. The van der Waals surface area contributed by atoms with Gasteiger partial charge in [0.15, 0.2) is 0 Å². The van der Waals surface area contributed by atoms with E-state index >= 15 is 0 Å². The largest absolute Gasteiger partial charge is 0.368 e. The molecule has 0 aromatic carbocycles. The van der Waals surface area contributed by atoms with Crippen molar-refractivity contribution in [3.05, 3.63) is 15.6 Å². The molecule has 1 N–H and O–H groups in total. The number of hydrogen-bond acceptors (Lipinski definition) is 4. The Kier molecular flexibility index (Phi) is 5.76. The van der Waals surface area contributed by atoms with E-state index in [4.69, 9.17) is 9.72 Å². The van der Waals surface area contributed by atoms with Crippen LogP contribution in [0.25, 0.3) is 0 Å². The molecule has 0 amide bonds. The van der Waals surface area contributed by atoms with Crippen molar-refractivity contribution in [1.82, 2.24) is 10.3 Å². The quantitative estimate of drug-likeness (QED) is 0.822. The van der Waals surface area contributed by atoms with Gasteiger partial charge in [0, 0.05) is 24.1 Å². The van der Waals surface area contributed by atoms with Crippen LogP contribution in [-0.2, 0) is 16.9 Å². The fourth-order valence-electron chi connectivity index (χ4n) is 1.75. The Morgan fingerprint density at radius 3 is 2.56 bits per heavy atom. The van der Waals surface area contributed by atoms with Crippen molar-refractivity contribution in [2.45, 2.75) is 66.2 Å². The number of aromatic nitrogens is 1. The van der Waals surface area contributed by atoms with Crippen LogP contribution in [0.5, 0.6) is 0 Å². The molecule has 1 atom stereocenters. The van der Waals surface area contributed by atoms with E-state index in [0.29, 0.717) is 6.04 Å². The number of nitrogens with zero attached hydrogens (tertiary/aromatic N) is 1. The van der Waals surface area contributed by atoms with Gasteiger partial charge in [-0.15, -0.1) is 11.3 Å². The first-order valence-electron chi connectivity index (χ1n) is 6.77. The van der Waals surface area contributed by atoms with Crippen LogP contribution in [0.3, 0.4) is 0 Å². The monoisotopic (exact) mass is 270 g/mol. The van der Waals surface area contributed by atoms with E-state index in [9.17, 15) is 0 Å². The van der Waals surface area contributed by atoms with Crippen LogP contribution in [0.2, 0.25) is 0 Å². The van der Waals surface area contributed by atoms with Gasteiger partial charge in [0.2, 0.25) is 0 Å². The van der Waals surface area contributed by atoms with Crippen molar-refractivity contribution in [2.75, 3.05) is 6.61 Å². The Balaban J connectivity index is 2.87. The SMILES string of the molecule is CCOC(C)(CC)c1nc(C)c(CNC(C)C)s1. The summed E-state index contributed by atoms with van der Waals surface area (Å²) in [6, 6.07) is 0.499. The van der Waals surface area contributed by atoms with Crippen molar-refractivity contribution in [3.63, 3.8) is 0 Å². The zero-order valence-corrected chi connectivity index (χ0v) is 13.3. The lowest BCUT2D eigenvalue weighted by Gasteiger charge is -2.25. The molecule has 104 valence electrons. The minimum atomic E-state index is -0.236. The Hall–Kier alpha value is -0.450. The summed E-state index contributed by atoms with van der Waals surface area (Å²) in [5, 5.41) is 4.55. The molecule has 0 bridgehead atoms. The lowest BCUT2D eigenvalue weighted by atomic mass is 10.0. The molecule has 0 aliphatic rings. The van der Waals surface area contributed by atoms with Crippen LogP contribution < -0.4 is 5.32 Å². The molecule has 0 aliphatic heterocycles. The summed E-state index contributed by atoms with van der Waals surface area (Å²) >= 11 is 1.77. The third kappa shape index (κ3) is 3.77. The molecule has 0 fully saturated rings. The second-order valence-corrected chi connectivity index (χ2v) is 6.16. The van der Waals surface area contributed by atoms with Crippen molar-refractivity contribution in [1.29, 1.82) is 0 Å². The van der Waals surface area contributed by atoms with Gasteiger partial charge in [-0.05, 0) is 27.2 Å². The average molecular weight is 270 g/mol. The molecule has 18 heavy (non-hydrogen) atoms. The van der Waals surface area contributed by atoms with Gasteiger partial charge in [-0.1, -0.05) is 20.8 Å². The number of aryl methyl sites for hydroxylation is 1. The highest BCUT2D eigenvalue weighted by Crippen LogP contribution is 2.33. The molecule has 1 rings (SSSR count). The van der Waals surface area contributed by atoms with Crippen LogP contribution in [-0.4, -0.2) is 17.6 Å². The topological polar surface area (TPSA) is 34.1 Å². The zero-order valence-electron chi connectivity index (χ0n) is 12.5. The summed E-state index contributed by atoms with van der Waals surface area (Å²) in [4.78, 5) is 6.02. The lowest BCUT2D eigenvalue weighted by molar-refractivity contribution is -0.0325. The first-order chi connectivity index (χ1) is 8.42. The molecule has 0 saturated carbocycles. The van der Waals surface area contributed by atoms with Crippen LogP contribution in [0.4, 0.5) is 0 Å². The molecule has 0 aliphatic carbocycles. The lowest BCUT2D eigenvalue weighted by Crippen LogP contribution is -2.24. The van der Waals surface area contributed by atoms with E-state index < -0.39 is 0 Å². The molecule has 1 unspecified atom stereocenters. The smallest absolute Gasteiger partial charge is 0.125 e. The standard InChI is InChI=1S/C14H26N2OS/c1-7-14(6,17-8-2)13-16-11(5)12(18-13)9-15-10(3)4/h10,15H,7-9H2,1-6H3. The Morgan fingerprint density at radius 1 is 1.39 bits per heavy atom. The first-order valence-corrected chi connectivity index (χ1v) is 7.58. The van der Waals surface area contributed by atoms with Gasteiger partial charge in [0.1, 0.15) is 10.6 Å². The summed E-state index contributed by atoms with van der Waals surface area (Å²) in [7, 11) is 0. The molecule has 3 nitrogen and oxygen atoms in total. The zero-order chi connectivity index (χ0) is 13.8. The van der Waals surface area contributed by atoms with Crippen molar-refractivity contribution in [3.8, 4) is 0 Å². The van der Waals surface area contributed by atoms with Crippen LogP contribution in [0, 0.1) is 6.92 Å². The molecule has 1 aromatic rings. The normalized spacial score (nSPS) is 15.1.